The molecule has 0 saturated carbocycles. The van der Waals surface area contributed by atoms with E-state index in [0.717, 1.165) is 5.56 Å². The van der Waals surface area contributed by atoms with Crippen molar-refractivity contribution in [3.63, 3.8) is 0 Å². The molecule has 7 atom stereocenters. The van der Waals surface area contributed by atoms with Gasteiger partial charge >= 0.3 is 24.0 Å². The minimum Gasteiger partial charge on any atom is -0.461 e. The number of benzene rings is 4. The number of ether oxygens (including phenoxy) is 7. The maximum absolute atomic E-state index is 13.5. The second kappa shape index (κ2) is 19.8. The van der Waals surface area contributed by atoms with Gasteiger partial charge in [-0.3, -0.25) is 4.79 Å². The lowest BCUT2D eigenvalue weighted by molar-refractivity contribution is -0.297. The number of alkyl carbamates (subject to hydrolysis) is 1. The van der Waals surface area contributed by atoms with E-state index < -0.39 is 79.3 Å². The monoisotopic (exact) mass is 754 g/mol. The molecule has 1 aliphatic heterocycles. The number of rotatable bonds is 15. The minimum atomic E-state index is -1.30. The van der Waals surface area contributed by atoms with E-state index in [0.29, 0.717) is 5.56 Å². The smallest absolute Gasteiger partial charge is 0.408 e. The number of carbonyl (C=O) groups is 5. The number of hydrogen-bond donors (Lipinski definition) is 2. The van der Waals surface area contributed by atoms with Crippen LogP contribution in [0.15, 0.2) is 121 Å². The fourth-order valence-corrected chi connectivity index (χ4v) is 5.75. The molecule has 288 valence electrons. The molecule has 2 amide bonds. The van der Waals surface area contributed by atoms with Gasteiger partial charge in [0.1, 0.15) is 37.5 Å². The SMILES string of the molecule is CO[C@@H]1OC(COC(=O)C(C)NC(=O)C(NC(=O)OCc2ccccc2)c2ccccc2)[C@@H](OC)[C@H](OC(=O)c2ccccc2)C1OC(=O)c1ccccc1. The normalized spacial score (nSPS) is 20.2. The molecule has 4 aromatic carbocycles. The van der Waals surface area contributed by atoms with Crippen molar-refractivity contribution in [2.45, 2.75) is 56.3 Å². The van der Waals surface area contributed by atoms with Crippen LogP contribution in [0.1, 0.15) is 44.8 Å². The van der Waals surface area contributed by atoms with E-state index in [1.807, 2.05) is 18.2 Å². The first-order chi connectivity index (χ1) is 26.7. The average molecular weight is 755 g/mol. The topological polar surface area (TPSA) is 174 Å². The second-order valence-electron chi connectivity index (χ2n) is 12.4. The van der Waals surface area contributed by atoms with E-state index in [-0.39, 0.29) is 17.7 Å². The van der Waals surface area contributed by atoms with Gasteiger partial charge in [0.25, 0.3) is 0 Å². The van der Waals surface area contributed by atoms with E-state index in [1.54, 1.807) is 103 Å². The summed E-state index contributed by atoms with van der Waals surface area (Å²) in [7, 11) is 2.65. The summed E-state index contributed by atoms with van der Waals surface area (Å²) in [6.07, 6.45) is -6.94. The van der Waals surface area contributed by atoms with Crippen LogP contribution in [0, 0.1) is 0 Å². The summed E-state index contributed by atoms with van der Waals surface area (Å²) in [5.74, 6) is -3.02. The highest BCUT2D eigenvalue weighted by atomic mass is 16.7. The zero-order valence-electron chi connectivity index (χ0n) is 30.4. The standard InChI is InChI=1S/C41H42N2O12/c1-26(42-36(44)32(28-18-10-5-11-19-28)43-41(48)52-24-27-16-8-4-9-17-27)37(45)51-25-31-33(49-2)34(54-38(46)29-20-12-6-13-21-29)35(40(50-3)53-31)55-39(47)30-22-14-7-15-23-30/h4-23,26,31-35,40H,24-25H2,1-3H3,(H,42,44)(H,43,48)/t26?,31?,32?,33-,34+,35?,40-/m1/s1. The Balaban J connectivity index is 1.26. The third-order valence-electron chi connectivity index (χ3n) is 8.57. The lowest BCUT2D eigenvalue weighted by Gasteiger charge is -2.44. The molecule has 5 rings (SSSR count). The molecular formula is C41H42N2O12. The Labute approximate surface area is 318 Å². The van der Waals surface area contributed by atoms with Crippen molar-refractivity contribution in [1.82, 2.24) is 10.6 Å². The number of esters is 3. The van der Waals surface area contributed by atoms with E-state index >= 15 is 0 Å². The molecular weight excluding hydrogens is 712 g/mol. The lowest BCUT2D eigenvalue weighted by Crippen LogP contribution is -2.62. The van der Waals surface area contributed by atoms with Crippen molar-refractivity contribution in [1.29, 1.82) is 0 Å². The molecule has 1 fully saturated rings. The number of nitrogens with one attached hydrogen (secondary N) is 2. The molecule has 0 spiro atoms. The van der Waals surface area contributed by atoms with Crippen LogP contribution in [0.25, 0.3) is 0 Å². The Kier molecular flexibility index (Phi) is 14.5. The maximum atomic E-state index is 13.5. The number of amides is 2. The number of hydrogen-bond acceptors (Lipinski definition) is 12. The molecule has 0 aliphatic carbocycles. The largest absolute Gasteiger partial charge is 0.461 e. The molecule has 4 unspecified atom stereocenters. The summed E-state index contributed by atoms with van der Waals surface area (Å²) in [4.78, 5) is 66.0. The van der Waals surface area contributed by atoms with Crippen molar-refractivity contribution >= 4 is 29.9 Å². The maximum Gasteiger partial charge on any atom is 0.408 e. The van der Waals surface area contributed by atoms with Crippen LogP contribution in [-0.4, -0.2) is 87.5 Å². The minimum absolute atomic E-state index is 0.0172. The molecule has 14 heteroatoms. The molecule has 0 bridgehead atoms. The quantitative estimate of drug-likeness (QED) is 0.128. The Hall–Kier alpha value is -6.09. The van der Waals surface area contributed by atoms with Crippen molar-refractivity contribution in [3.05, 3.63) is 144 Å². The number of carbonyl (C=O) groups excluding carboxylic acids is 5. The van der Waals surface area contributed by atoms with Crippen LogP contribution in [0.2, 0.25) is 0 Å². The van der Waals surface area contributed by atoms with Gasteiger partial charge in [-0.1, -0.05) is 97.1 Å². The van der Waals surface area contributed by atoms with E-state index in [2.05, 4.69) is 10.6 Å². The molecule has 0 aromatic heterocycles. The summed E-state index contributed by atoms with van der Waals surface area (Å²) in [5, 5.41) is 5.14. The van der Waals surface area contributed by atoms with Gasteiger partial charge in [-0.2, -0.15) is 0 Å². The summed E-state index contributed by atoms with van der Waals surface area (Å²) in [6.45, 7) is 0.950. The fraction of sp³-hybridized carbons (Fsp3) is 0.293. The lowest BCUT2D eigenvalue weighted by atomic mass is 9.98. The summed E-state index contributed by atoms with van der Waals surface area (Å²) in [6, 6.07) is 31.5. The van der Waals surface area contributed by atoms with Gasteiger partial charge in [-0.05, 0) is 42.3 Å². The Bertz CT molecular complexity index is 1860. The molecule has 0 radical (unpaired) electrons. The van der Waals surface area contributed by atoms with E-state index in [1.165, 1.54) is 21.1 Å². The highest BCUT2D eigenvalue weighted by Gasteiger charge is 2.51. The van der Waals surface area contributed by atoms with Crippen molar-refractivity contribution in [2.24, 2.45) is 0 Å². The Morgan fingerprint density at radius 3 is 1.71 bits per heavy atom. The van der Waals surface area contributed by atoms with Crippen LogP contribution >= 0.6 is 0 Å². The van der Waals surface area contributed by atoms with Crippen molar-refractivity contribution in [2.75, 3.05) is 20.8 Å². The third kappa shape index (κ3) is 11.0. The molecule has 4 aromatic rings. The summed E-state index contributed by atoms with van der Waals surface area (Å²) < 4.78 is 39.9. The molecule has 2 N–H and O–H groups in total. The van der Waals surface area contributed by atoms with Gasteiger partial charge in [-0.25, -0.2) is 19.2 Å². The van der Waals surface area contributed by atoms with Crippen LogP contribution in [0.5, 0.6) is 0 Å². The van der Waals surface area contributed by atoms with Gasteiger partial charge in [0.15, 0.2) is 18.5 Å². The first-order valence-corrected chi connectivity index (χ1v) is 17.4. The van der Waals surface area contributed by atoms with Gasteiger partial charge < -0.3 is 43.8 Å². The summed E-state index contributed by atoms with van der Waals surface area (Å²) in [5.41, 5.74) is 1.67. The van der Waals surface area contributed by atoms with E-state index in [4.69, 9.17) is 33.2 Å². The molecule has 14 nitrogen and oxygen atoms in total. The first-order valence-electron chi connectivity index (χ1n) is 17.4. The molecule has 1 saturated heterocycles. The molecule has 1 heterocycles. The Morgan fingerprint density at radius 2 is 1.16 bits per heavy atom. The fourth-order valence-electron chi connectivity index (χ4n) is 5.75. The Morgan fingerprint density at radius 1 is 0.636 bits per heavy atom. The highest BCUT2D eigenvalue weighted by molar-refractivity contribution is 5.91. The van der Waals surface area contributed by atoms with Crippen LogP contribution in [0.3, 0.4) is 0 Å². The van der Waals surface area contributed by atoms with Crippen LogP contribution in [-0.2, 0) is 49.4 Å². The summed E-state index contributed by atoms with van der Waals surface area (Å²) >= 11 is 0. The predicted molar refractivity (Wildman–Crippen MR) is 195 cm³/mol. The van der Waals surface area contributed by atoms with Gasteiger partial charge in [0.05, 0.1) is 11.1 Å². The zero-order valence-corrected chi connectivity index (χ0v) is 30.4. The number of methoxy groups -OCH3 is 2. The van der Waals surface area contributed by atoms with Gasteiger partial charge in [-0.15, -0.1) is 0 Å². The third-order valence-corrected chi connectivity index (χ3v) is 8.57. The van der Waals surface area contributed by atoms with Crippen molar-refractivity contribution in [3.8, 4) is 0 Å². The van der Waals surface area contributed by atoms with Gasteiger partial charge in [0, 0.05) is 14.2 Å². The van der Waals surface area contributed by atoms with Crippen LogP contribution < -0.4 is 10.6 Å². The highest BCUT2D eigenvalue weighted by Crippen LogP contribution is 2.30. The molecule has 1 aliphatic rings. The molecule has 55 heavy (non-hydrogen) atoms. The van der Waals surface area contributed by atoms with Crippen molar-refractivity contribution < 1.29 is 57.1 Å². The first kappa shape index (κ1) is 40.1. The second-order valence-corrected chi connectivity index (χ2v) is 12.4. The zero-order chi connectivity index (χ0) is 39.2. The van der Waals surface area contributed by atoms with E-state index in [9.17, 15) is 24.0 Å². The average Bonchev–Trinajstić information content (AvgIpc) is 3.22. The predicted octanol–water partition coefficient (Wildman–Crippen LogP) is 4.54. The van der Waals surface area contributed by atoms with Crippen LogP contribution in [0.4, 0.5) is 4.79 Å². The van der Waals surface area contributed by atoms with Gasteiger partial charge in [0.2, 0.25) is 5.91 Å².